The Morgan fingerprint density at radius 3 is 2.52 bits per heavy atom. The minimum Gasteiger partial charge on any atom is -0.382 e. The first kappa shape index (κ1) is 25.1. The van der Waals surface area contributed by atoms with Crippen LogP contribution in [0.2, 0.25) is 0 Å². The van der Waals surface area contributed by atoms with Crippen LogP contribution in [0.4, 0.5) is 24.7 Å². The van der Waals surface area contributed by atoms with E-state index in [1.165, 1.54) is 0 Å². The van der Waals surface area contributed by atoms with Gasteiger partial charge in [0.2, 0.25) is 0 Å². The van der Waals surface area contributed by atoms with E-state index in [9.17, 15) is 13.2 Å². The van der Waals surface area contributed by atoms with Crippen molar-refractivity contribution in [3.8, 4) is 0 Å². The van der Waals surface area contributed by atoms with Gasteiger partial charge in [-0.2, -0.15) is 13.2 Å². The Bertz CT molecular complexity index is 753. The normalized spacial score (nSPS) is 13.7. The van der Waals surface area contributed by atoms with Crippen LogP contribution in [0, 0.1) is 5.41 Å². The Hall–Kier alpha value is -1.96. The van der Waals surface area contributed by atoms with Crippen LogP contribution in [0.25, 0.3) is 0 Å². The molecule has 0 fully saturated rings. The molecule has 0 atom stereocenters. The first-order valence-electron chi connectivity index (χ1n) is 9.36. The van der Waals surface area contributed by atoms with Crippen LogP contribution < -0.4 is 16.0 Å². The molecule has 0 spiro atoms. The third-order valence-corrected chi connectivity index (χ3v) is 4.90. The number of halogens is 4. The lowest BCUT2D eigenvalue weighted by Gasteiger charge is -2.27. The molecule has 0 saturated heterocycles. The van der Waals surface area contributed by atoms with Gasteiger partial charge in [-0.05, 0) is 59.6 Å². The highest BCUT2D eigenvalue weighted by molar-refractivity contribution is 9.11. The largest absolute Gasteiger partial charge is 0.389 e. The molecule has 0 saturated carbocycles. The van der Waals surface area contributed by atoms with Crippen molar-refractivity contribution in [2.24, 2.45) is 5.41 Å². The van der Waals surface area contributed by atoms with Gasteiger partial charge in [0.05, 0.1) is 12.1 Å². The van der Waals surface area contributed by atoms with E-state index >= 15 is 0 Å². The van der Waals surface area contributed by atoms with Crippen LogP contribution in [0.15, 0.2) is 46.7 Å². The summed E-state index contributed by atoms with van der Waals surface area (Å²) in [6, 6.07) is 3.71. The zero-order valence-corrected chi connectivity index (χ0v) is 19.1. The molecule has 0 bridgehead atoms. The van der Waals surface area contributed by atoms with Crippen LogP contribution in [0.3, 0.4) is 0 Å². The average molecular weight is 475 g/mol. The van der Waals surface area contributed by atoms with Crippen LogP contribution in [-0.2, 0) is 6.42 Å². The van der Waals surface area contributed by atoms with Gasteiger partial charge >= 0.3 is 6.18 Å². The molecule has 3 N–H and O–H groups in total. The first-order chi connectivity index (χ1) is 13.5. The third-order valence-electron chi connectivity index (χ3n) is 4.04. The van der Waals surface area contributed by atoms with E-state index in [0.717, 1.165) is 15.9 Å². The molecule has 0 aliphatic rings. The number of pyridine rings is 1. The van der Waals surface area contributed by atoms with Gasteiger partial charge < -0.3 is 16.0 Å². The molecule has 0 unspecified atom stereocenters. The van der Waals surface area contributed by atoms with E-state index in [2.05, 4.69) is 36.9 Å². The van der Waals surface area contributed by atoms with E-state index < -0.39 is 18.0 Å². The maximum absolute atomic E-state index is 12.7. The van der Waals surface area contributed by atoms with E-state index in [1.807, 2.05) is 50.4 Å². The van der Waals surface area contributed by atoms with Crippen molar-refractivity contribution in [3.05, 3.63) is 52.4 Å². The van der Waals surface area contributed by atoms with Crippen LogP contribution >= 0.6 is 15.9 Å². The number of hydrogen-bond donors (Lipinski definition) is 3. The van der Waals surface area contributed by atoms with Crippen LogP contribution in [0.5, 0.6) is 0 Å². The van der Waals surface area contributed by atoms with E-state index in [4.69, 9.17) is 0 Å². The summed E-state index contributed by atoms with van der Waals surface area (Å²) >= 11 is 3.52. The molecule has 1 heterocycles. The predicted octanol–water partition coefficient (Wildman–Crippen LogP) is 6.36. The number of nitrogens with zero attached hydrogens (tertiary/aromatic N) is 1. The molecule has 0 aliphatic carbocycles. The summed E-state index contributed by atoms with van der Waals surface area (Å²) in [4.78, 5) is 4.55. The van der Waals surface area contributed by atoms with E-state index in [1.54, 1.807) is 20.9 Å². The quantitative estimate of drug-likeness (QED) is 0.345. The van der Waals surface area contributed by atoms with E-state index in [0.29, 0.717) is 17.9 Å². The van der Waals surface area contributed by atoms with Crippen molar-refractivity contribution in [2.75, 3.05) is 24.2 Å². The number of alkyl halides is 3. The number of aromatic nitrogens is 1. The summed E-state index contributed by atoms with van der Waals surface area (Å²) in [5, 5.41) is 9.24. The molecule has 1 aromatic rings. The number of anilines is 2. The summed E-state index contributed by atoms with van der Waals surface area (Å²) in [5.74, 6) is 0.610. The molecule has 1 aromatic heterocycles. The lowest BCUT2D eigenvalue weighted by molar-refractivity contribution is -0.152. The van der Waals surface area contributed by atoms with E-state index in [-0.39, 0.29) is 6.54 Å². The standard InChI is InChI=1S/C21H30BrF3N4/c1-6-12-27-15(2)17(22)9-7-8-16-10-11-18(19(26-5)29-16)28-14-20(3,4)13-21(23,24)25/h6-7,9-12,27-28H,8,13-14H2,1-5H3,(H,26,29)/b9-7+,12-6+,17-15+. The highest BCUT2D eigenvalue weighted by Crippen LogP contribution is 2.33. The number of allylic oxidation sites excluding steroid dienone is 5. The molecule has 29 heavy (non-hydrogen) atoms. The Morgan fingerprint density at radius 2 is 1.93 bits per heavy atom. The smallest absolute Gasteiger partial charge is 0.382 e. The first-order valence-corrected chi connectivity index (χ1v) is 10.2. The Kier molecular flexibility index (Phi) is 9.76. The van der Waals surface area contributed by atoms with Gasteiger partial charge in [-0.15, -0.1) is 0 Å². The highest BCUT2D eigenvalue weighted by Gasteiger charge is 2.36. The van der Waals surface area contributed by atoms with Crippen molar-refractivity contribution in [1.29, 1.82) is 0 Å². The van der Waals surface area contributed by atoms with Gasteiger partial charge in [0.15, 0.2) is 0 Å². The number of hydrogen-bond acceptors (Lipinski definition) is 4. The molecular formula is C21H30BrF3N4. The molecule has 0 radical (unpaired) electrons. The maximum Gasteiger partial charge on any atom is 0.389 e. The fourth-order valence-electron chi connectivity index (χ4n) is 2.57. The van der Waals surface area contributed by atoms with Gasteiger partial charge in [0, 0.05) is 35.9 Å². The summed E-state index contributed by atoms with van der Waals surface area (Å²) in [7, 11) is 1.74. The van der Waals surface area contributed by atoms with Crippen molar-refractivity contribution in [3.63, 3.8) is 0 Å². The Balaban J connectivity index is 2.78. The maximum atomic E-state index is 12.7. The summed E-state index contributed by atoms with van der Waals surface area (Å²) < 4.78 is 39.0. The minimum absolute atomic E-state index is 0.193. The number of rotatable bonds is 10. The Labute approximate surface area is 179 Å². The minimum atomic E-state index is -4.19. The van der Waals surface area contributed by atoms with Crippen molar-refractivity contribution < 1.29 is 13.2 Å². The van der Waals surface area contributed by atoms with Crippen molar-refractivity contribution in [2.45, 2.75) is 46.7 Å². The second-order valence-electron chi connectivity index (χ2n) is 7.48. The highest BCUT2D eigenvalue weighted by atomic mass is 79.9. The zero-order chi connectivity index (χ0) is 22.1. The third kappa shape index (κ3) is 9.87. The van der Waals surface area contributed by atoms with Gasteiger partial charge in [0.25, 0.3) is 0 Å². The molecule has 1 rings (SSSR count). The van der Waals surface area contributed by atoms with Gasteiger partial charge in [0.1, 0.15) is 5.82 Å². The molecule has 0 aromatic carbocycles. The molecule has 0 amide bonds. The van der Waals surface area contributed by atoms with Crippen LogP contribution in [0.1, 0.15) is 39.8 Å². The fourth-order valence-corrected chi connectivity index (χ4v) is 2.87. The SMILES string of the molecule is C/C=C/N/C(C)=C(Br)\C=C\Cc1ccc(NCC(C)(C)CC(F)(F)F)c(NC)n1. The second kappa shape index (κ2) is 11.3. The number of nitrogens with one attached hydrogen (secondary N) is 3. The van der Waals surface area contributed by atoms with Gasteiger partial charge in [-0.1, -0.05) is 26.0 Å². The zero-order valence-electron chi connectivity index (χ0n) is 17.5. The van der Waals surface area contributed by atoms with Gasteiger partial charge in [-0.3, -0.25) is 0 Å². The monoisotopic (exact) mass is 474 g/mol. The second-order valence-corrected chi connectivity index (χ2v) is 8.34. The fraction of sp³-hybridized carbons (Fsp3) is 0.476. The lowest BCUT2D eigenvalue weighted by Crippen LogP contribution is -2.29. The van der Waals surface area contributed by atoms with Crippen molar-refractivity contribution >= 4 is 27.4 Å². The van der Waals surface area contributed by atoms with Crippen molar-refractivity contribution in [1.82, 2.24) is 10.3 Å². The summed E-state index contributed by atoms with van der Waals surface area (Å²) in [5.41, 5.74) is 1.61. The molecule has 4 nitrogen and oxygen atoms in total. The van der Waals surface area contributed by atoms with Crippen LogP contribution in [-0.4, -0.2) is 24.8 Å². The predicted molar refractivity (Wildman–Crippen MR) is 119 cm³/mol. The summed E-state index contributed by atoms with van der Waals surface area (Å²) in [6.45, 7) is 7.28. The molecular weight excluding hydrogens is 445 g/mol. The van der Waals surface area contributed by atoms with Gasteiger partial charge in [-0.25, -0.2) is 4.98 Å². The topological polar surface area (TPSA) is 49.0 Å². The molecule has 8 heteroatoms. The molecule has 162 valence electrons. The average Bonchev–Trinajstić information content (AvgIpc) is 2.62. The molecule has 0 aliphatic heterocycles. The summed E-state index contributed by atoms with van der Waals surface area (Å²) in [6.07, 6.45) is 3.31. The lowest BCUT2D eigenvalue weighted by atomic mass is 9.89. The Morgan fingerprint density at radius 1 is 1.24 bits per heavy atom.